The van der Waals surface area contributed by atoms with Crippen molar-refractivity contribution in [1.82, 2.24) is 4.90 Å². The van der Waals surface area contributed by atoms with E-state index in [4.69, 9.17) is 0 Å². The van der Waals surface area contributed by atoms with Crippen LogP contribution in [0, 0.1) is 6.92 Å². The van der Waals surface area contributed by atoms with Gasteiger partial charge in [-0.2, -0.15) is 11.3 Å². The van der Waals surface area contributed by atoms with Crippen LogP contribution in [0.4, 0.5) is 5.69 Å². The predicted octanol–water partition coefficient (Wildman–Crippen LogP) is 4.57. The van der Waals surface area contributed by atoms with E-state index in [2.05, 4.69) is 16.8 Å². The number of anilines is 1. The molecule has 0 aliphatic carbocycles. The van der Waals surface area contributed by atoms with Crippen molar-refractivity contribution in [2.45, 2.75) is 19.9 Å². The number of hydrogen-bond donors (Lipinski definition) is 1. The normalized spacial score (nSPS) is 13.3. The monoisotopic (exact) mass is 382 g/mol. The highest BCUT2D eigenvalue weighted by molar-refractivity contribution is 7.10. The molecule has 1 aliphatic heterocycles. The molecule has 3 heterocycles. The molecule has 0 radical (unpaired) electrons. The van der Waals surface area contributed by atoms with Gasteiger partial charge in [0.2, 0.25) is 0 Å². The van der Waals surface area contributed by atoms with Crippen LogP contribution in [0.25, 0.3) is 0 Å². The van der Waals surface area contributed by atoms with Crippen LogP contribution in [-0.4, -0.2) is 23.3 Å². The van der Waals surface area contributed by atoms with Crippen molar-refractivity contribution in [3.05, 3.63) is 73.6 Å². The van der Waals surface area contributed by atoms with Gasteiger partial charge < -0.3 is 10.2 Å². The molecule has 0 atom stereocenters. The van der Waals surface area contributed by atoms with Crippen LogP contribution < -0.4 is 5.32 Å². The van der Waals surface area contributed by atoms with Crippen LogP contribution in [-0.2, 0) is 13.0 Å². The van der Waals surface area contributed by atoms with Crippen molar-refractivity contribution in [2.24, 2.45) is 0 Å². The zero-order chi connectivity index (χ0) is 18.1. The van der Waals surface area contributed by atoms with Crippen LogP contribution in [0.15, 0.2) is 46.5 Å². The van der Waals surface area contributed by atoms with E-state index in [1.54, 1.807) is 17.4 Å². The van der Waals surface area contributed by atoms with E-state index in [0.29, 0.717) is 23.4 Å². The summed E-state index contributed by atoms with van der Waals surface area (Å²) in [6.45, 7) is 3.27. The first-order chi connectivity index (χ1) is 12.6. The minimum atomic E-state index is -0.153. The summed E-state index contributed by atoms with van der Waals surface area (Å²) in [5.41, 5.74) is 4.01. The minimum absolute atomic E-state index is 0.0194. The van der Waals surface area contributed by atoms with Crippen molar-refractivity contribution in [1.29, 1.82) is 0 Å². The second-order valence-corrected chi connectivity index (χ2v) is 8.07. The summed E-state index contributed by atoms with van der Waals surface area (Å²) < 4.78 is 0. The molecule has 3 aromatic rings. The first-order valence-corrected chi connectivity index (χ1v) is 10.2. The van der Waals surface area contributed by atoms with Crippen LogP contribution in [0.2, 0.25) is 0 Å². The number of carbonyl (C=O) groups is 2. The molecule has 4 nitrogen and oxygen atoms in total. The molecule has 0 spiro atoms. The molecule has 0 fully saturated rings. The molecule has 1 aliphatic rings. The SMILES string of the molecule is Cc1c(NC(=O)c2ccsc2)cccc1C(=O)N1CCc2sccc2C1. The van der Waals surface area contributed by atoms with Gasteiger partial charge in [0.25, 0.3) is 11.8 Å². The number of benzene rings is 1. The lowest BCUT2D eigenvalue weighted by Crippen LogP contribution is -2.35. The van der Waals surface area contributed by atoms with Gasteiger partial charge in [0, 0.05) is 34.6 Å². The highest BCUT2D eigenvalue weighted by Crippen LogP contribution is 2.27. The van der Waals surface area contributed by atoms with Crippen LogP contribution in [0.5, 0.6) is 0 Å². The Bertz CT molecular complexity index is 960. The van der Waals surface area contributed by atoms with E-state index in [-0.39, 0.29) is 11.8 Å². The second-order valence-electron chi connectivity index (χ2n) is 6.29. The fourth-order valence-corrected chi connectivity index (χ4v) is 4.71. The summed E-state index contributed by atoms with van der Waals surface area (Å²) in [5, 5.41) is 8.69. The Morgan fingerprint density at radius 3 is 2.85 bits per heavy atom. The summed E-state index contributed by atoms with van der Waals surface area (Å²) >= 11 is 3.25. The van der Waals surface area contributed by atoms with Crippen LogP contribution in [0.3, 0.4) is 0 Å². The topological polar surface area (TPSA) is 49.4 Å². The number of nitrogens with one attached hydrogen (secondary N) is 1. The maximum Gasteiger partial charge on any atom is 0.256 e. The standard InChI is InChI=1S/C20H18N2O2S2/c1-13-16(20(24)22-8-5-18-14(11-22)7-10-26-18)3-2-4-17(13)21-19(23)15-6-9-25-12-15/h2-4,6-7,9-10,12H,5,8,11H2,1H3,(H,21,23). The third-order valence-electron chi connectivity index (χ3n) is 4.69. The molecule has 4 rings (SSSR count). The molecule has 0 unspecified atom stereocenters. The number of fused-ring (bicyclic) bond motifs is 1. The van der Waals surface area contributed by atoms with Crippen molar-refractivity contribution in [3.63, 3.8) is 0 Å². The maximum atomic E-state index is 13.0. The molecular weight excluding hydrogens is 364 g/mol. The molecule has 1 N–H and O–H groups in total. The average molecular weight is 383 g/mol. The Morgan fingerprint density at radius 2 is 2.04 bits per heavy atom. The van der Waals surface area contributed by atoms with Gasteiger partial charge in [-0.3, -0.25) is 9.59 Å². The van der Waals surface area contributed by atoms with Crippen LogP contribution >= 0.6 is 22.7 Å². The van der Waals surface area contributed by atoms with Crippen LogP contribution in [0.1, 0.15) is 36.7 Å². The van der Waals surface area contributed by atoms with E-state index < -0.39 is 0 Å². The summed E-state index contributed by atoms with van der Waals surface area (Å²) in [7, 11) is 0. The molecule has 132 valence electrons. The van der Waals surface area contributed by atoms with Crippen molar-refractivity contribution >= 4 is 40.2 Å². The third kappa shape index (κ3) is 3.18. The fourth-order valence-electron chi connectivity index (χ4n) is 3.18. The molecular formula is C20H18N2O2S2. The van der Waals surface area contributed by atoms with Gasteiger partial charge in [-0.05, 0) is 59.5 Å². The van der Waals surface area contributed by atoms with Gasteiger partial charge in [-0.15, -0.1) is 11.3 Å². The van der Waals surface area contributed by atoms with Crippen molar-refractivity contribution in [3.8, 4) is 0 Å². The van der Waals surface area contributed by atoms with Crippen molar-refractivity contribution < 1.29 is 9.59 Å². The molecule has 2 aromatic heterocycles. The Hall–Kier alpha value is -2.44. The van der Waals surface area contributed by atoms with E-state index in [1.807, 2.05) is 40.8 Å². The average Bonchev–Trinajstić information content (AvgIpc) is 3.34. The summed E-state index contributed by atoms with van der Waals surface area (Å²) in [4.78, 5) is 28.6. The zero-order valence-corrected chi connectivity index (χ0v) is 16.0. The minimum Gasteiger partial charge on any atom is -0.334 e. The molecule has 26 heavy (non-hydrogen) atoms. The van der Waals surface area contributed by atoms with E-state index in [1.165, 1.54) is 21.8 Å². The lowest BCUT2D eigenvalue weighted by Gasteiger charge is -2.28. The smallest absolute Gasteiger partial charge is 0.256 e. The van der Waals surface area contributed by atoms with Gasteiger partial charge in [0.05, 0.1) is 5.56 Å². The Kier molecular flexibility index (Phi) is 4.61. The first kappa shape index (κ1) is 17.0. The Labute approximate surface area is 160 Å². The molecule has 0 saturated carbocycles. The molecule has 6 heteroatoms. The van der Waals surface area contributed by atoms with E-state index in [0.717, 1.165) is 18.5 Å². The van der Waals surface area contributed by atoms with Gasteiger partial charge in [-0.25, -0.2) is 0 Å². The highest BCUT2D eigenvalue weighted by atomic mass is 32.1. The van der Waals surface area contributed by atoms with E-state index >= 15 is 0 Å². The number of nitrogens with zero attached hydrogens (tertiary/aromatic N) is 1. The number of hydrogen-bond acceptors (Lipinski definition) is 4. The summed E-state index contributed by atoms with van der Waals surface area (Å²) in [5.74, 6) is -0.134. The van der Waals surface area contributed by atoms with E-state index in [9.17, 15) is 9.59 Å². The lowest BCUT2D eigenvalue weighted by atomic mass is 10.0. The predicted molar refractivity (Wildman–Crippen MR) is 106 cm³/mol. The molecule has 0 saturated heterocycles. The fraction of sp³-hybridized carbons (Fsp3) is 0.200. The maximum absolute atomic E-state index is 13.0. The Balaban J connectivity index is 1.56. The number of thiophene rings is 2. The molecule has 0 bridgehead atoms. The van der Waals surface area contributed by atoms with Crippen molar-refractivity contribution in [2.75, 3.05) is 11.9 Å². The molecule has 2 amide bonds. The van der Waals surface area contributed by atoms with Gasteiger partial charge in [0.1, 0.15) is 0 Å². The zero-order valence-electron chi connectivity index (χ0n) is 14.3. The number of carbonyl (C=O) groups excluding carboxylic acids is 2. The highest BCUT2D eigenvalue weighted by Gasteiger charge is 2.24. The number of amides is 2. The number of rotatable bonds is 3. The lowest BCUT2D eigenvalue weighted by molar-refractivity contribution is 0.0735. The first-order valence-electron chi connectivity index (χ1n) is 8.41. The molecule has 1 aromatic carbocycles. The van der Waals surface area contributed by atoms with Gasteiger partial charge >= 0.3 is 0 Å². The summed E-state index contributed by atoms with van der Waals surface area (Å²) in [6.07, 6.45) is 0.909. The quantitative estimate of drug-likeness (QED) is 0.721. The second kappa shape index (κ2) is 7.05. The third-order valence-corrected chi connectivity index (χ3v) is 6.40. The van der Waals surface area contributed by atoms with Gasteiger partial charge in [-0.1, -0.05) is 6.07 Å². The largest absolute Gasteiger partial charge is 0.334 e. The van der Waals surface area contributed by atoms with Gasteiger partial charge in [0.15, 0.2) is 0 Å². The summed E-state index contributed by atoms with van der Waals surface area (Å²) in [6, 6.07) is 9.38. The Morgan fingerprint density at radius 1 is 1.15 bits per heavy atom.